The SMILES string of the molecule is CCS(=O)C1CCCCC1NC(=O)CC1(O)CCCCC1. The van der Waals surface area contributed by atoms with Crippen molar-refractivity contribution < 1.29 is 14.1 Å². The third-order valence-corrected chi connectivity index (χ3v) is 6.75. The van der Waals surface area contributed by atoms with Crippen LogP contribution < -0.4 is 5.32 Å². The second kappa shape index (κ2) is 7.73. The van der Waals surface area contributed by atoms with E-state index in [2.05, 4.69) is 5.32 Å². The molecule has 3 atom stereocenters. The van der Waals surface area contributed by atoms with Crippen molar-refractivity contribution >= 4 is 16.7 Å². The molecular formula is C16H29NO3S. The summed E-state index contributed by atoms with van der Waals surface area (Å²) in [6, 6.07) is 0.0271. The largest absolute Gasteiger partial charge is 0.389 e. The van der Waals surface area contributed by atoms with Gasteiger partial charge in [0.15, 0.2) is 0 Å². The Labute approximate surface area is 130 Å². The summed E-state index contributed by atoms with van der Waals surface area (Å²) in [4.78, 5) is 12.3. The van der Waals surface area contributed by atoms with E-state index in [1.165, 1.54) is 0 Å². The molecule has 0 aromatic carbocycles. The number of hydrogen-bond acceptors (Lipinski definition) is 3. The van der Waals surface area contributed by atoms with Crippen LogP contribution in [-0.2, 0) is 15.6 Å². The summed E-state index contributed by atoms with van der Waals surface area (Å²) < 4.78 is 12.1. The summed E-state index contributed by atoms with van der Waals surface area (Å²) in [7, 11) is -0.854. The predicted octanol–water partition coefficient (Wildman–Crippen LogP) is 2.27. The second-order valence-corrected chi connectivity index (χ2v) is 8.57. The van der Waals surface area contributed by atoms with Gasteiger partial charge in [-0.15, -0.1) is 0 Å². The number of carbonyl (C=O) groups is 1. The van der Waals surface area contributed by atoms with Crippen molar-refractivity contribution in [2.75, 3.05) is 5.75 Å². The summed E-state index contributed by atoms with van der Waals surface area (Å²) >= 11 is 0. The van der Waals surface area contributed by atoms with Gasteiger partial charge in [0.2, 0.25) is 5.91 Å². The van der Waals surface area contributed by atoms with Gasteiger partial charge in [-0.25, -0.2) is 0 Å². The Morgan fingerprint density at radius 2 is 1.86 bits per heavy atom. The van der Waals surface area contributed by atoms with Crippen molar-refractivity contribution in [3.63, 3.8) is 0 Å². The van der Waals surface area contributed by atoms with Crippen molar-refractivity contribution in [1.29, 1.82) is 0 Å². The smallest absolute Gasteiger partial charge is 0.223 e. The molecule has 2 saturated carbocycles. The third-order valence-electron chi connectivity index (χ3n) is 4.95. The molecule has 2 fully saturated rings. The van der Waals surface area contributed by atoms with Crippen LogP contribution in [0.2, 0.25) is 0 Å². The summed E-state index contributed by atoms with van der Waals surface area (Å²) in [6.07, 6.45) is 8.89. The zero-order chi connectivity index (χ0) is 15.3. The molecule has 1 amide bonds. The first-order valence-corrected chi connectivity index (χ1v) is 9.81. The molecule has 0 aromatic heterocycles. The molecule has 21 heavy (non-hydrogen) atoms. The third kappa shape index (κ3) is 4.78. The molecule has 0 aromatic rings. The van der Waals surface area contributed by atoms with Crippen LogP contribution in [0.25, 0.3) is 0 Å². The fourth-order valence-electron chi connectivity index (χ4n) is 3.73. The van der Waals surface area contributed by atoms with E-state index in [0.29, 0.717) is 5.75 Å². The summed E-state index contributed by atoms with van der Waals surface area (Å²) in [5, 5.41) is 13.6. The topological polar surface area (TPSA) is 66.4 Å². The van der Waals surface area contributed by atoms with Crippen LogP contribution in [0.4, 0.5) is 0 Å². The van der Waals surface area contributed by atoms with E-state index in [9.17, 15) is 14.1 Å². The number of nitrogens with one attached hydrogen (secondary N) is 1. The van der Waals surface area contributed by atoms with Crippen LogP contribution >= 0.6 is 0 Å². The fraction of sp³-hybridized carbons (Fsp3) is 0.938. The lowest BCUT2D eigenvalue weighted by atomic mass is 9.82. The number of rotatable bonds is 5. The standard InChI is InChI=1S/C16H29NO3S/c1-2-21(20)14-9-5-4-8-13(14)17-15(18)12-16(19)10-6-3-7-11-16/h13-14,19H,2-12H2,1H3,(H,17,18). The van der Waals surface area contributed by atoms with E-state index >= 15 is 0 Å². The molecule has 0 aliphatic heterocycles. The second-order valence-electron chi connectivity index (χ2n) is 6.63. The molecular weight excluding hydrogens is 286 g/mol. The monoisotopic (exact) mass is 315 g/mol. The number of hydrogen-bond donors (Lipinski definition) is 2. The Morgan fingerprint density at radius 1 is 1.19 bits per heavy atom. The van der Waals surface area contributed by atoms with Gasteiger partial charge in [-0.05, 0) is 25.7 Å². The Morgan fingerprint density at radius 3 is 2.52 bits per heavy atom. The summed E-state index contributed by atoms with van der Waals surface area (Å²) in [6.45, 7) is 1.94. The first-order chi connectivity index (χ1) is 10.0. The highest BCUT2D eigenvalue weighted by molar-refractivity contribution is 7.85. The first kappa shape index (κ1) is 16.9. The van der Waals surface area contributed by atoms with Crippen LogP contribution in [0.1, 0.15) is 71.1 Å². The maximum Gasteiger partial charge on any atom is 0.223 e. The van der Waals surface area contributed by atoms with E-state index in [0.717, 1.165) is 57.8 Å². The lowest BCUT2D eigenvalue weighted by Gasteiger charge is -2.34. The highest BCUT2D eigenvalue weighted by atomic mass is 32.2. The van der Waals surface area contributed by atoms with Gasteiger partial charge in [0.1, 0.15) is 0 Å². The van der Waals surface area contributed by atoms with Crippen molar-refractivity contribution in [2.24, 2.45) is 0 Å². The molecule has 0 spiro atoms. The zero-order valence-corrected chi connectivity index (χ0v) is 13.9. The van der Waals surface area contributed by atoms with Gasteiger partial charge in [0.25, 0.3) is 0 Å². The van der Waals surface area contributed by atoms with Gasteiger partial charge in [-0.2, -0.15) is 0 Å². The van der Waals surface area contributed by atoms with Crippen molar-refractivity contribution in [2.45, 2.75) is 88.0 Å². The molecule has 2 aliphatic rings. The molecule has 5 heteroatoms. The maximum atomic E-state index is 12.3. The van der Waals surface area contributed by atoms with Crippen molar-refractivity contribution in [3.8, 4) is 0 Å². The van der Waals surface area contributed by atoms with Gasteiger partial charge in [0.05, 0.1) is 17.3 Å². The molecule has 122 valence electrons. The maximum absolute atomic E-state index is 12.3. The molecule has 4 nitrogen and oxygen atoms in total. The van der Waals surface area contributed by atoms with Gasteiger partial charge in [-0.1, -0.05) is 39.0 Å². The summed E-state index contributed by atoms with van der Waals surface area (Å²) in [5.74, 6) is 0.588. The van der Waals surface area contributed by atoms with Crippen LogP contribution in [0.3, 0.4) is 0 Å². The van der Waals surface area contributed by atoms with E-state index in [4.69, 9.17) is 0 Å². The molecule has 3 unspecified atom stereocenters. The molecule has 2 rings (SSSR count). The zero-order valence-electron chi connectivity index (χ0n) is 13.1. The minimum absolute atomic E-state index is 0.0271. The van der Waals surface area contributed by atoms with Gasteiger partial charge >= 0.3 is 0 Å². The Hall–Kier alpha value is -0.420. The highest BCUT2D eigenvalue weighted by Crippen LogP contribution is 2.31. The lowest BCUT2D eigenvalue weighted by Crippen LogP contribution is -2.49. The number of amides is 1. The fourth-order valence-corrected chi connectivity index (χ4v) is 5.16. The minimum atomic E-state index is -0.854. The van der Waals surface area contributed by atoms with Crippen molar-refractivity contribution in [3.05, 3.63) is 0 Å². The highest BCUT2D eigenvalue weighted by Gasteiger charge is 2.34. The Bertz CT molecular complexity index is 380. The quantitative estimate of drug-likeness (QED) is 0.818. The van der Waals surface area contributed by atoms with Gasteiger partial charge in [-0.3, -0.25) is 9.00 Å². The first-order valence-electron chi connectivity index (χ1n) is 8.43. The molecule has 0 saturated heterocycles. The number of aliphatic hydroxyl groups is 1. The molecule has 2 N–H and O–H groups in total. The van der Waals surface area contributed by atoms with Crippen LogP contribution in [0, 0.1) is 0 Å². The van der Waals surface area contributed by atoms with E-state index in [-0.39, 0.29) is 23.6 Å². The average Bonchev–Trinajstić information content (AvgIpc) is 2.47. The number of carbonyl (C=O) groups excluding carboxylic acids is 1. The van der Waals surface area contributed by atoms with Crippen LogP contribution in [0.5, 0.6) is 0 Å². The Kier molecular flexibility index (Phi) is 6.23. The normalized spacial score (nSPS) is 30.6. The minimum Gasteiger partial charge on any atom is -0.389 e. The molecule has 0 heterocycles. The van der Waals surface area contributed by atoms with Gasteiger partial charge < -0.3 is 10.4 Å². The summed E-state index contributed by atoms with van der Waals surface area (Å²) in [5.41, 5.74) is -0.809. The van der Waals surface area contributed by atoms with E-state index in [1.807, 2.05) is 6.92 Å². The average molecular weight is 315 g/mol. The molecule has 2 aliphatic carbocycles. The Balaban J connectivity index is 1.89. The molecule has 0 radical (unpaired) electrons. The van der Waals surface area contributed by atoms with Crippen molar-refractivity contribution in [1.82, 2.24) is 5.32 Å². The van der Waals surface area contributed by atoms with E-state index in [1.54, 1.807) is 0 Å². The van der Waals surface area contributed by atoms with E-state index < -0.39 is 16.4 Å². The lowest BCUT2D eigenvalue weighted by molar-refractivity contribution is -0.128. The van der Waals surface area contributed by atoms with Crippen LogP contribution in [0.15, 0.2) is 0 Å². The van der Waals surface area contributed by atoms with Crippen LogP contribution in [-0.4, -0.2) is 37.9 Å². The predicted molar refractivity (Wildman–Crippen MR) is 85.5 cm³/mol. The molecule has 0 bridgehead atoms. The van der Waals surface area contributed by atoms with Gasteiger partial charge in [0, 0.05) is 22.6 Å².